The smallest absolute Gasteiger partial charge is 0.252 e. The summed E-state index contributed by atoms with van der Waals surface area (Å²) in [6, 6.07) is 16.2. The Bertz CT molecular complexity index is 933. The van der Waals surface area contributed by atoms with Gasteiger partial charge in [-0.05, 0) is 42.2 Å². The fraction of sp³-hybridized carbons (Fsp3) is 0.273. The average Bonchev–Trinajstić information content (AvgIpc) is 2.65. The number of benzene rings is 2. The highest BCUT2D eigenvalue weighted by atomic mass is 79.9. The van der Waals surface area contributed by atoms with Crippen molar-refractivity contribution in [2.75, 3.05) is 6.54 Å². The number of carbonyl (C=O) groups is 1. The van der Waals surface area contributed by atoms with E-state index in [1.54, 1.807) is 0 Å². The van der Waals surface area contributed by atoms with Gasteiger partial charge in [0, 0.05) is 22.0 Å². The van der Waals surface area contributed by atoms with Crippen LogP contribution < -0.4 is 5.32 Å². The van der Waals surface area contributed by atoms with Crippen LogP contribution in [0.5, 0.6) is 0 Å². The van der Waals surface area contributed by atoms with Gasteiger partial charge < -0.3 is 5.32 Å². The molecule has 3 nitrogen and oxygen atoms in total. The number of pyridine rings is 1. The van der Waals surface area contributed by atoms with Crippen molar-refractivity contribution in [2.45, 2.75) is 33.1 Å². The molecule has 0 bridgehead atoms. The average molecular weight is 411 g/mol. The van der Waals surface area contributed by atoms with Crippen LogP contribution in [0.25, 0.3) is 22.2 Å². The molecule has 0 aliphatic heterocycles. The van der Waals surface area contributed by atoms with Crippen LogP contribution in [-0.2, 0) is 0 Å². The number of fused-ring (bicyclic) bond motifs is 1. The van der Waals surface area contributed by atoms with E-state index >= 15 is 0 Å². The summed E-state index contributed by atoms with van der Waals surface area (Å²) in [6.07, 6.45) is 0.905. The van der Waals surface area contributed by atoms with Crippen molar-refractivity contribution in [2.24, 2.45) is 0 Å². The predicted molar refractivity (Wildman–Crippen MR) is 112 cm³/mol. The van der Waals surface area contributed by atoms with Gasteiger partial charge in [-0.25, -0.2) is 4.98 Å². The number of nitrogens with zero attached hydrogens (tertiary/aromatic N) is 1. The molecule has 26 heavy (non-hydrogen) atoms. The molecular weight excluding hydrogens is 388 g/mol. The van der Waals surface area contributed by atoms with Crippen LogP contribution in [0.1, 0.15) is 49.0 Å². The summed E-state index contributed by atoms with van der Waals surface area (Å²) < 4.78 is 0.936. The summed E-state index contributed by atoms with van der Waals surface area (Å²) in [5.41, 5.74) is 4.60. The van der Waals surface area contributed by atoms with Crippen LogP contribution in [0.3, 0.4) is 0 Å². The number of halogens is 1. The second-order valence-corrected chi connectivity index (χ2v) is 7.66. The van der Waals surface area contributed by atoms with Gasteiger partial charge in [-0.1, -0.05) is 61.0 Å². The van der Waals surface area contributed by atoms with E-state index in [0.717, 1.165) is 33.1 Å². The summed E-state index contributed by atoms with van der Waals surface area (Å²) in [7, 11) is 0. The highest BCUT2D eigenvalue weighted by molar-refractivity contribution is 9.10. The Kier molecular flexibility index (Phi) is 5.72. The molecule has 3 aromatic rings. The van der Waals surface area contributed by atoms with Crippen LogP contribution in [-0.4, -0.2) is 17.4 Å². The maximum Gasteiger partial charge on any atom is 0.252 e. The van der Waals surface area contributed by atoms with Crippen molar-refractivity contribution >= 4 is 32.7 Å². The number of amides is 1. The molecule has 0 aliphatic rings. The van der Waals surface area contributed by atoms with Crippen LogP contribution in [0.4, 0.5) is 0 Å². The maximum absolute atomic E-state index is 12.7. The lowest BCUT2D eigenvalue weighted by Gasteiger charge is -2.12. The van der Waals surface area contributed by atoms with Gasteiger partial charge in [0.2, 0.25) is 0 Å². The van der Waals surface area contributed by atoms with Crippen molar-refractivity contribution in [3.05, 3.63) is 64.1 Å². The van der Waals surface area contributed by atoms with E-state index < -0.39 is 0 Å². The first kappa shape index (κ1) is 18.6. The zero-order valence-electron chi connectivity index (χ0n) is 15.3. The fourth-order valence-electron chi connectivity index (χ4n) is 2.91. The van der Waals surface area contributed by atoms with E-state index in [0.29, 0.717) is 18.0 Å². The van der Waals surface area contributed by atoms with Crippen LogP contribution in [0.2, 0.25) is 0 Å². The molecule has 0 spiro atoms. The molecule has 1 aromatic heterocycles. The molecular formula is C22H23BrN2O. The van der Waals surface area contributed by atoms with Crippen molar-refractivity contribution in [1.82, 2.24) is 10.3 Å². The Hall–Kier alpha value is -2.20. The molecule has 0 unspecified atom stereocenters. The SMILES string of the molecule is CCCNC(=O)c1cc(-c2ccc(C(C)C)cc2)nc2ccc(Br)cc12. The molecule has 0 saturated heterocycles. The van der Waals surface area contributed by atoms with E-state index in [-0.39, 0.29) is 5.91 Å². The van der Waals surface area contributed by atoms with Gasteiger partial charge in [-0.2, -0.15) is 0 Å². The number of hydrogen-bond acceptors (Lipinski definition) is 2. The normalized spacial score (nSPS) is 11.1. The third-order valence-electron chi connectivity index (χ3n) is 4.42. The summed E-state index contributed by atoms with van der Waals surface area (Å²) in [5.74, 6) is 0.429. The zero-order chi connectivity index (χ0) is 18.7. The number of hydrogen-bond donors (Lipinski definition) is 1. The molecule has 2 aromatic carbocycles. The van der Waals surface area contributed by atoms with E-state index in [9.17, 15) is 4.79 Å². The van der Waals surface area contributed by atoms with Gasteiger partial charge in [0.1, 0.15) is 0 Å². The van der Waals surface area contributed by atoms with Gasteiger partial charge in [-0.15, -0.1) is 0 Å². The summed E-state index contributed by atoms with van der Waals surface area (Å²) in [6.45, 7) is 7.06. The van der Waals surface area contributed by atoms with Crippen molar-refractivity contribution in [3.63, 3.8) is 0 Å². The quantitative estimate of drug-likeness (QED) is 0.566. The lowest BCUT2D eigenvalue weighted by molar-refractivity contribution is 0.0955. The number of aromatic nitrogens is 1. The first-order chi connectivity index (χ1) is 12.5. The van der Waals surface area contributed by atoms with E-state index in [1.165, 1.54) is 5.56 Å². The minimum absolute atomic E-state index is 0.0580. The molecule has 0 saturated carbocycles. The van der Waals surface area contributed by atoms with Crippen LogP contribution in [0, 0.1) is 0 Å². The molecule has 0 aliphatic carbocycles. The second-order valence-electron chi connectivity index (χ2n) is 6.75. The minimum atomic E-state index is -0.0580. The van der Waals surface area contributed by atoms with Crippen molar-refractivity contribution in [1.29, 1.82) is 0 Å². The molecule has 1 amide bonds. The number of nitrogens with one attached hydrogen (secondary N) is 1. The Balaban J connectivity index is 2.11. The van der Waals surface area contributed by atoms with Crippen LogP contribution >= 0.6 is 15.9 Å². The Morgan fingerprint density at radius 1 is 1.12 bits per heavy atom. The molecule has 4 heteroatoms. The highest BCUT2D eigenvalue weighted by Crippen LogP contribution is 2.28. The summed E-state index contributed by atoms with van der Waals surface area (Å²) >= 11 is 3.49. The Morgan fingerprint density at radius 2 is 1.85 bits per heavy atom. The van der Waals surface area contributed by atoms with E-state index in [4.69, 9.17) is 4.98 Å². The van der Waals surface area contributed by atoms with E-state index in [1.807, 2.05) is 31.2 Å². The first-order valence-corrected chi connectivity index (χ1v) is 9.77. The molecule has 0 atom stereocenters. The molecule has 3 rings (SSSR count). The monoisotopic (exact) mass is 410 g/mol. The third kappa shape index (κ3) is 3.96. The predicted octanol–water partition coefficient (Wildman–Crippen LogP) is 5.93. The molecule has 134 valence electrons. The maximum atomic E-state index is 12.7. The van der Waals surface area contributed by atoms with Gasteiger partial charge >= 0.3 is 0 Å². The highest BCUT2D eigenvalue weighted by Gasteiger charge is 2.14. The van der Waals surface area contributed by atoms with Gasteiger partial charge in [0.05, 0.1) is 16.8 Å². The lowest BCUT2D eigenvalue weighted by Crippen LogP contribution is -2.24. The zero-order valence-corrected chi connectivity index (χ0v) is 16.9. The number of rotatable bonds is 5. The van der Waals surface area contributed by atoms with Crippen LogP contribution in [0.15, 0.2) is 53.0 Å². The molecule has 1 heterocycles. The van der Waals surface area contributed by atoms with Gasteiger partial charge in [0.25, 0.3) is 5.91 Å². The topological polar surface area (TPSA) is 42.0 Å². The lowest BCUT2D eigenvalue weighted by atomic mass is 9.99. The summed E-state index contributed by atoms with van der Waals surface area (Å²) in [5, 5.41) is 3.84. The minimum Gasteiger partial charge on any atom is -0.352 e. The van der Waals surface area contributed by atoms with Gasteiger partial charge in [-0.3, -0.25) is 4.79 Å². The second kappa shape index (κ2) is 8.00. The van der Waals surface area contributed by atoms with Crippen molar-refractivity contribution < 1.29 is 4.79 Å². The molecule has 1 N–H and O–H groups in total. The molecule has 0 fully saturated rings. The van der Waals surface area contributed by atoms with Gasteiger partial charge in [0.15, 0.2) is 0 Å². The first-order valence-electron chi connectivity index (χ1n) is 8.98. The summed E-state index contributed by atoms with van der Waals surface area (Å²) in [4.78, 5) is 17.5. The van der Waals surface area contributed by atoms with E-state index in [2.05, 4.69) is 59.4 Å². The number of carbonyl (C=O) groups excluding carboxylic acids is 1. The fourth-order valence-corrected chi connectivity index (χ4v) is 3.27. The standard InChI is InChI=1S/C22H23BrN2O/c1-4-11-24-22(26)19-13-21(16-7-5-15(6-8-16)14(2)3)25-20-10-9-17(23)12-18(19)20/h5-10,12-14H,4,11H2,1-3H3,(H,24,26). The molecule has 0 radical (unpaired) electrons. The van der Waals surface area contributed by atoms with Crippen molar-refractivity contribution in [3.8, 4) is 11.3 Å². The Labute approximate surface area is 163 Å². The largest absolute Gasteiger partial charge is 0.352 e. The Morgan fingerprint density at radius 3 is 2.50 bits per heavy atom. The third-order valence-corrected chi connectivity index (χ3v) is 4.92.